The molecule has 5 N–H and O–H groups in total. The molecule has 2 rings (SSSR count). The highest BCUT2D eigenvalue weighted by molar-refractivity contribution is 6.30. The summed E-state index contributed by atoms with van der Waals surface area (Å²) in [5, 5.41) is 0.629. The van der Waals surface area contributed by atoms with E-state index in [2.05, 4.69) is 33.1 Å². The predicted octanol–water partition coefficient (Wildman–Crippen LogP) is 3.02. The summed E-state index contributed by atoms with van der Waals surface area (Å²) in [4.78, 5) is 0. The van der Waals surface area contributed by atoms with Gasteiger partial charge in [-0.15, -0.1) is 0 Å². The summed E-state index contributed by atoms with van der Waals surface area (Å²) in [6.45, 7) is 8.41. The molecule has 0 bridgehead atoms. The van der Waals surface area contributed by atoms with Crippen molar-refractivity contribution in [1.82, 2.24) is 5.43 Å². The Labute approximate surface area is 125 Å². The van der Waals surface area contributed by atoms with Gasteiger partial charge in [-0.2, -0.15) is 0 Å². The average Bonchev–Trinajstić information content (AvgIpc) is 2.51. The first-order chi connectivity index (χ1) is 9.16. The van der Waals surface area contributed by atoms with Gasteiger partial charge in [-0.3, -0.25) is 11.3 Å². The van der Waals surface area contributed by atoms with E-state index in [4.69, 9.17) is 27.9 Å². The van der Waals surface area contributed by atoms with Crippen molar-refractivity contribution < 1.29 is 4.74 Å². The Kier molecular flexibility index (Phi) is 4.04. The summed E-state index contributed by atoms with van der Waals surface area (Å²) in [5.41, 5.74) is 10.2. The number of halogens is 1. The fourth-order valence-electron chi connectivity index (χ4n) is 3.38. The summed E-state index contributed by atoms with van der Waals surface area (Å²) < 4.78 is 6.15. The normalized spacial score (nSPS) is 25.6. The van der Waals surface area contributed by atoms with Crippen LogP contribution in [0.4, 0.5) is 5.69 Å². The zero-order valence-corrected chi connectivity index (χ0v) is 13.3. The molecular formula is C15H24ClN3O. The summed E-state index contributed by atoms with van der Waals surface area (Å²) >= 11 is 5.97. The van der Waals surface area contributed by atoms with Crippen LogP contribution in [0.3, 0.4) is 0 Å². The molecule has 2 atom stereocenters. The van der Waals surface area contributed by atoms with E-state index < -0.39 is 0 Å². The van der Waals surface area contributed by atoms with Crippen LogP contribution in [0.15, 0.2) is 18.2 Å². The van der Waals surface area contributed by atoms with Crippen molar-refractivity contribution in [2.24, 2.45) is 11.8 Å². The quantitative estimate of drug-likeness (QED) is 0.455. The number of hydrogen-bond donors (Lipinski definition) is 3. The zero-order valence-electron chi connectivity index (χ0n) is 12.5. The molecule has 0 spiro atoms. The van der Waals surface area contributed by atoms with Crippen LogP contribution in [0.1, 0.15) is 45.7 Å². The van der Waals surface area contributed by atoms with E-state index in [1.165, 1.54) is 0 Å². The molecule has 20 heavy (non-hydrogen) atoms. The lowest BCUT2D eigenvalue weighted by molar-refractivity contribution is -0.0778. The van der Waals surface area contributed by atoms with Crippen LogP contribution in [0.2, 0.25) is 5.02 Å². The maximum atomic E-state index is 6.15. The van der Waals surface area contributed by atoms with E-state index in [0.29, 0.717) is 10.7 Å². The van der Waals surface area contributed by atoms with E-state index in [0.717, 1.165) is 12.0 Å². The maximum absolute atomic E-state index is 6.15. The fourth-order valence-corrected chi connectivity index (χ4v) is 3.56. The lowest BCUT2D eigenvalue weighted by atomic mass is 9.79. The number of anilines is 1. The minimum absolute atomic E-state index is 0.0657. The lowest BCUT2D eigenvalue weighted by Gasteiger charge is -2.33. The van der Waals surface area contributed by atoms with E-state index in [1.54, 1.807) is 6.07 Å². The van der Waals surface area contributed by atoms with Crippen molar-refractivity contribution >= 4 is 17.3 Å². The SMILES string of the molecule is CC1(C)CC(C(NN)c2ccc(Cl)cc2N)C(C)(C)O1. The Bertz CT molecular complexity index is 502. The largest absolute Gasteiger partial charge is 0.398 e. The Hall–Kier alpha value is -0.810. The molecule has 1 aromatic carbocycles. The molecule has 112 valence electrons. The Morgan fingerprint density at radius 3 is 2.45 bits per heavy atom. The summed E-state index contributed by atoms with van der Waals surface area (Å²) in [6.07, 6.45) is 0.914. The third-order valence-corrected chi connectivity index (χ3v) is 4.34. The third kappa shape index (κ3) is 2.93. The van der Waals surface area contributed by atoms with Gasteiger partial charge in [0.1, 0.15) is 0 Å². The second-order valence-corrected chi connectivity index (χ2v) is 7.13. The molecule has 0 saturated carbocycles. The van der Waals surface area contributed by atoms with Crippen molar-refractivity contribution in [3.05, 3.63) is 28.8 Å². The molecule has 1 fully saturated rings. The second-order valence-electron chi connectivity index (χ2n) is 6.69. The van der Waals surface area contributed by atoms with Crippen molar-refractivity contribution in [3.8, 4) is 0 Å². The van der Waals surface area contributed by atoms with Gasteiger partial charge in [0.25, 0.3) is 0 Å². The molecular weight excluding hydrogens is 274 g/mol. The summed E-state index contributed by atoms with van der Waals surface area (Å²) in [5.74, 6) is 6.03. The van der Waals surface area contributed by atoms with Crippen LogP contribution in [-0.4, -0.2) is 11.2 Å². The summed E-state index contributed by atoms with van der Waals surface area (Å²) in [6, 6.07) is 5.47. The molecule has 0 aliphatic carbocycles. The van der Waals surface area contributed by atoms with Gasteiger partial charge < -0.3 is 10.5 Å². The van der Waals surface area contributed by atoms with Gasteiger partial charge in [0.05, 0.1) is 17.2 Å². The monoisotopic (exact) mass is 297 g/mol. The van der Waals surface area contributed by atoms with Gasteiger partial charge >= 0.3 is 0 Å². The van der Waals surface area contributed by atoms with Gasteiger partial charge in [0, 0.05) is 16.6 Å². The highest BCUT2D eigenvalue weighted by Crippen LogP contribution is 2.48. The average molecular weight is 298 g/mol. The Morgan fingerprint density at radius 1 is 1.35 bits per heavy atom. The van der Waals surface area contributed by atoms with E-state index in [-0.39, 0.29) is 23.2 Å². The van der Waals surface area contributed by atoms with Crippen molar-refractivity contribution in [2.45, 2.75) is 51.4 Å². The van der Waals surface area contributed by atoms with Gasteiger partial charge in [-0.05, 0) is 51.8 Å². The van der Waals surface area contributed by atoms with E-state index in [9.17, 15) is 0 Å². The summed E-state index contributed by atoms with van der Waals surface area (Å²) in [7, 11) is 0. The molecule has 2 unspecified atom stereocenters. The van der Waals surface area contributed by atoms with Gasteiger partial charge in [0.2, 0.25) is 0 Å². The Morgan fingerprint density at radius 2 is 2.00 bits per heavy atom. The number of rotatable bonds is 3. The van der Waals surface area contributed by atoms with Gasteiger partial charge in [0.15, 0.2) is 0 Å². The predicted molar refractivity (Wildman–Crippen MR) is 83.3 cm³/mol. The molecule has 1 saturated heterocycles. The third-order valence-electron chi connectivity index (χ3n) is 4.11. The second kappa shape index (κ2) is 5.19. The number of nitrogens with one attached hydrogen (secondary N) is 1. The molecule has 0 aromatic heterocycles. The highest BCUT2D eigenvalue weighted by atomic mass is 35.5. The van der Waals surface area contributed by atoms with Crippen LogP contribution >= 0.6 is 11.6 Å². The van der Waals surface area contributed by atoms with Crippen LogP contribution in [0.5, 0.6) is 0 Å². The molecule has 1 heterocycles. The highest BCUT2D eigenvalue weighted by Gasteiger charge is 2.49. The number of ether oxygens (including phenoxy) is 1. The van der Waals surface area contributed by atoms with Crippen molar-refractivity contribution in [1.29, 1.82) is 0 Å². The lowest BCUT2D eigenvalue weighted by Crippen LogP contribution is -2.41. The van der Waals surface area contributed by atoms with Crippen molar-refractivity contribution in [3.63, 3.8) is 0 Å². The molecule has 1 aliphatic rings. The molecule has 5 heteroatoms. The number of nitrogen functional groups attached to an aromatic ring is 1. The molecule has 4 nitrogen and oxygen atoms in total. The zero-order chi connectivity index (χ0) is 15.1. The standard InChI is InChI=1S/C15H24ClN3O/c1-14(2)8-11(15(3,4)20-14)13(19-18)10-6-5-9(16)7-12(10)17/h5-7,11,13,19H,8,17-18H2,1-4H3. The molecule has 0 radical (unpaired) electrons. The number of hydrazine groups is 1. The molecule has 1 aliphatic heterocycles. The van der Waals surface area contributed by atoms with Crippen LogP contribution in [-0.2, 0) is 4.74 Å². The van der Waals surface area contributed by atoms with Crippen LogP contribution in [0.25, 0.3) is 0 Å². The smallest absolute Gasteiger partial charge is 0.0681 e. The van der Waals surface area contributed by atoms with E-state index in [1.807, 2.05) is 12.1 Å². The van der Waals surface area contributed by atoms with Crippen LogP contribution < -0.4 is 17.0 Å². The minimum Gasteiger partial charge on any atom is -0.398 e. The molecule has 1 aromatic rings. The number of benzene rings is 1. The maximum Gasteiger partial charge on any atom is 0.0681 e. The molecule has 0 amide bonds. The van der Waals surface area contributed by atoms with Crippen molar-refractivity contribution in [2.75, 3.05) is 5.73 Å². The minimum atomic E-state index is -0.271. The first-order valence-electron chi connectivity index (χ1n) is 6.87. The first kappa shape index (κ1) is 15.6. The van der Waals surface area contributed by atoms with Gasteiger partial charge in [-0.25, -0.2) is 0 Å². The topological polar surface area (TPSA) is 73.3 Å². The van der Waals surface area contributed by atoms with Crippen LogP contribution in [0, 0.1) is 5.92 Å². The number of hydrogen-bond acceptors (Lipinski definition) is 4. The van der Waals surface area contributed by atoms with Gasteiger partial charge in [-0.1, -0.05) is 17.7 Å². The first-order valence-corrected chi connectivity index (χ1v) is 7.25. The fraction of sp³-hybridized carbons (Fsp3) is 0.600. The number of nitrogens with two attached hydrogens (primary N) is 2. The van der Waals surface area contributed by atoms with E-state index >= 15 is 0 Å². The Balaban J connectivity index is 2.37.